The van der Waals surface area contributed by atoms with Gasteiger partial charge in [-0.2, -0.15) is 0 Å². The maximum atomic E-state index is 12.0. The minimum atomic E-state index is -0.0110. The van der Waals surface area contributed by atoms with Crippen molar-refractivity contribution in [2.45, 2.75) is 26.2 Å². The van der Waals surface area contributed by atoms with Crippen LogP contribution in [0.15, 0.2) is 42.6 Å². The molecule has 1 amide bonds. The summed E-state index contributed by atoms with van der Waals surface area (Å²) in [4.78, 5) is 16.1. The summed E-state index contributed by atoms with van der Waals surface area (Å²) >= 11 is 5.97. The number of pyridine rings is 1. The smallest absolute Gasteiger partial charge is 0.224 e. The molecule has 1 atom stereocenters. The van der Waals surface area contributed by atoms with Gasteiger partial charge in [0.05, 0.1) is 0 Å². The van der Waals surface area contributed by atoms with Crippen molar-refractivity contribution in [3.05, 3.63) is 58.9 Å². The van der Waals surface area contributed by atoms with Gasteiger partial charge in [0.2, 0.25) is 5.91 Å². The highest BCUT2D eigenvalue weighted by Gasteiger charge is 2.12. The third kappa shape index (κ3) is 4.07. The van der Waals surface area contributed by atoms with Crippen LogP contribution in [0.5, 0.6) is 0 Å². The Morgan fingerprint density at radius 2 is 2.15 bits per heavy atom. The summed E-state index contributed by atoms with van der Waals surface area (Å²) in [6.45, 7) is 3.91. The van der Waals surface area contributed by atoms with Gasteiger partial charge in [-0.15, -0.1) is 0 Å². The van der Waals surface area contributed by atoms with Crippen molar-refractivity contribution in [2.75, 3.05) is 5.32 Å². The zero-order chi connectivity index (χ0) is 14.5. The molecule has 0 radical (unpaired) electrons. The molecule has 1 aromatic carbocycles. The number of aromatic nitrogens is 1. The Hall–Kier alpha value is -1.87. The number of nitrogens with zero attached hydrogens (tertiary/aromatic N) is 1. The van der Waals surface area contributed by atoms with E-state index in [1.54, 1.807) is 12.3 Å². The molecule has 0 aliphatic heterocycles. The van der Waals surface area contributed by atoms with Gasteiger partial charge in [0, 0.05) is 29.0 Å². The van der Waals surface area contributed by atoms with E-state index in [1.807, 2.05) is 44.2 Å². The molecule has 3 nitrogen and oxygen atoms in total. The summed E-state index contributed by atoms with van der Waals surface area (Å²) in [5, 5.41) is 3.58. The zero-order valence-corrected chi connectivity index (χ0v) is 12.3. The molecule has 20 heavy (non-hydrogen) atoms. The molecule has 2 aromatic rings. The second-order valence-electron chi connectivity index (χ2n) is 4.89. The number of carbonyl (C=O) groups is 1. The van der Waals surface area contributed by atoms with Crippen LogP contribution in [-0.2, 0) is 4.79 Å². The fourth-order valence-electron chi connectivity index (χ4n) is 2.04. The summed E-state index contributed by atoms with van der Waals surface area (Å²) in [7, 11) is 0. The summed E-state index contributed by atoms with van der Waals surface area (Å²) in [5.41, 5.74) is 2.73. The van der Waals surface area contributed by atoms with Gasteiger partial charge in [-0.25, -0.2) is 0 Å². The Bertz CT molecular complexity index is 613. The predicted molar refractivity (Wildman–Crippen MR) is 82.1 cm³/mol. The van der Waals surface area contributed by atoms with Gasteiger partial charge in [-0.05, 0) is 42.7 Å². The third-order valence-electron chi connectivity index (χ3n) is 3.09. The van der Waals surface area contributed by atoms with Crippen molar-refractivity contribution in [3.63, 3.8) is 0 Å². The molecule has 2 rings (SSSR count). The number of amides is 1. The second-order valence-corrected chi connectivity index (χ2v) is 5.33. The SMILES string of the molecule is Cc1cc(NC(=O)CC(C)c2cccc(Cl)c2)ccn1. The Labute approximate surface area is 124 Å². The van der Waals surface area contributed by atoms with Gasteiger partial charge in [-0.3, -0.25) is 9.78 Å². The molecule has 1 N–H and O–H groups in total. The van der Waals surface area contributed by atoms with Gasteiger partial charge >= 0.3 is 0 Å². The van der Waals surface area contributed by atoms with E-state index in [0.29, 0.717) is 11.4 Å². The van der Waals surface area contributed by atoms with E-state index >= 15 is 0 Å². The molecule has 0 saturated carbocycles. The Morgan fingerprint density at radius 3 is 2.85 bits per heavy atom. The van der Waals surface area contributed by atoms with Crippen molar-refractivity contribution in [1.29, 1.82) is 0 Å². The maximum absolute atomic E-state index is 12.0. The number of anilines is 1. The Morgan fingerprint density at radius 1 is 1.35 bits per heavy atom. The number of rotatable bonds is 4. The van der Waals surface area contributed by atoms with E-state index in [2.05, 4.69) is 10.3 Å². The van der Waals surface area contributed by atoms with Crippen LogP contribution in [0.25, 0.3) is 0 Å². The highest BCUT2D eigenvalue weighted by molar-refractivity contribution is 6.30. The topological polar surface area (TPSA) is 42.0 Å². The molecule has 104 valence electrons. The fourth-order valence-corrected chi connectivity index (χ4v) is 2.24. The van der Waals surface area contributed by atoms with E-state index in [1.165, 1.54) is 0 Å². The van der Waals surface area contributed by atoms with E-state index < -0.39 is 0 Å². The molecule has 0 saturated heterocycles. The van der Waals surface area contributed by atoms with Crippen LogP contribution in [-0.4, -0.2) is 10.9 Å². The Kier molecular flexibility index (Phi) is 4.74. The molecule has 1 heterocycles. The molecule has 1 aromatic heterocycles. The highest BCUT2D eigenvalue weighted by atomic mass is 35.5. The van der Waals surface area contributed by atoms with Crippen molar-refractivity contribution in [2.24, 2.45) is 0 Å². The van der Waals surface area contributed by atoms with Crippen LogP contribution in [0.1, 0.15) is 30.5 Å². The van der Waals surface area contributed by atoms with Crippen molar-refractivity contribution in [1.82, 2.24) is 4.98 Å². The van der Waals surface area contributed by atoms with Gasteiger partial charge in [0.1, 0.15) is 0 Å². The molecular weight excluding hydrogens is 272 g/mol. The van der Waals surface area contributed by atoms with Gasteiger partial charge < -0.3 is 5.32 Å². The van der Waals surface area contributed by atoms with E-state index in [0.717, 1.165) is 16.9 Å². The minimum Gasteiger partial charge on any atom is -0.326 e. The lowest BCUT2D eigenvalue weighted by Crippen LogP contribution is -2.14. The molecule has 1 unspecified atom stereocenters. The highest BCUT2D eigenvalue weighted by Crippen LogP contribution is 2.22. The van der Waals surface area contributed by atoms with Gasteiger partial charge in [0.25, 0.3) is 0 Å². The lowest BCUT2D eigenvalue weighted by atomic mass is 9.97. The van der Waals surface area contributed by atoms with Crippen LogP contribution in [0.4, 0.5) is 5.69 Å². The second kappa shape index (κ2) is 6.53. The first kappa shape index (κ1) is 14.5. The van der Waals surface area contributed by atoms with Crippen molar-refractivity contribution < 1.29 is 4.79 Å². The first-order valence-electron chi connectivity index (χ1n) is 6.52. The van der Waals surface area contributed by atoms with Crippen molar-refractivity contribution >= 4 is 23.2 Å². The lowest BCUT2D eigenvalue weighted by molar-refractivity contribution is -0.116. The number of hydrogen-bond donors (Lipinski definition) is 1. The lowest BCUT2D eigenvalue weighted by Gasteiger charge is -2.12. The van der Waals surface area contributed by atoms with E-state index in [9.17, 15) is 4.79 Å². The fraction of sp³-hybridized carbons (Fsp3) is 0.250. The Balaban J connectivity index is 1.97. The first-order valence-corrected chi connectivity index (χ1v) is 6.90. The maximum Gasteiger partial charge on any atom is 0.224 e. The van der Waals surface area contributed by atoms with Crippen molar-refractivity contribution in [3.8, 4) is 0 Å². The van der Waals surface area contributed by atoms with Crippen LogP contribution >= 0.6 is 11.6 Å². The monoisotopic (exact) mass is 288 g/mol. The molecule has 4 heteroatoms. The number of hydrogen-bond acceptors (Lipinski definition) is 2. The van der Waals surface area contributed by atoms with Crippen LogP contribution in [0.2, 0.25) is 5.02 Å². The summed E-state index contributed by atoms with van der Waals surface area (Å²) < 4.78 is 0. The van der Waals surface area contributed by atoms with Gasteiger partial charge in [-0.1, -0.05) is 30.7 Å². The quantitative estimate of drug-likeness (QED) is 0.917. The number of aryl methyl sites for hydroxylation is 1. The number of nitrogens with one attached hydrogen (secondary N) is 1. The number of benzene rings is 1. The molecule has 0 bridgehead atoms. The standard InChI is InChI=1S/C16H17ClN2O/c1-11(13-4-3-5-14(17)10-13)8-16(20)19-15-6-7-18-12(2)9-15/h3-7,9-11H,8H2,1-2H3,(H,18,19,20). The summed E-state index contributed by atoms with van der Waals surface area (Å²) in [6, 6.07) is 11.3. The zero-order valence-electron chi connectivity index (χ0n) is 11.6. The van der Waals surface area contributed by atoms with Crippen LogP contribution in [0, 0.1) is 6.92 Å². The number of carbonyl (C=O) groups excluding carboxylic acids is 1. The minimum absolute atomic E-state index is 0.0110. The van der Waals surface area contributed by atoms with E-state index in [4.69, 9.17) is 11.6 Å². The normalized spacial score (nSPS) is 11.9. The van der Waals surface area contributed by atoms with Crippen LogP contribution in [0.3, 0.4) is 0 Å². The molecule has 0 aliphatic carbocycles. The van der Waals surface area contributed by atoms with E-state index in [-0.39, 0.29) is 11.8 Å². The predicted octanol–water partition coefficient (Wildman–Crippen LogP) is 4.18. The first-order chi connectivity index (χ1) is 9.54. The third-order valence-corrected chi connectivity index (χ3v) is 3.32. The summed E-state index contributed by atoms with van der Waals surface area (Å²) in [6.07, 6.45) is 2.10. The largest absolute Gasteiger partial charge is 0.326 e. The molecule has 0 fully saturated rings. The molecular formula is C16H17ClN2O. The van der Waals surface area contributed by atoms with Gasteiger partial charge in [0.15, 0.2) is 0 Å². The average Bonchev–Trinajstić information content (AvgIpc) is 2.38. The number of halogens is 1. The van der Waals surface area contributed by atoms with Crippen LogP contribution < -0.4 is 5.32 Å². The summed E-state index contributed by atoms with van der Waals surface area (Å²) in [5.74, 6) is 0.111. The average molecular weight is 289 g/mol. The molecule has 0 spiro atoms. The molecule has 0 aliphatic rings.